The first-order chi connectivity index (χ1) is 6.24. The van der Waals surface area contributed by atoms with Gasteiger partial charge in [0.15, 0.2) is 0 Å². The van der Waals surface area contributed by atoms with Crippen molar-refractivity contribution in [3.63, 3.8) is 0 Å². The van der Waals surface area contributed by atoms with E-state index in [2.05, 4.69) is 13.0 Å². The standard InChI is InChI=1S/C11H12ClN/c1-3-9-8(7-13)5-6-11(12)10(9)4-2/h5-6H,3-4H2,1-2H3. The maximum Gasteiger partial charge on any atom is 0.0994 e. The van der Waals surface area contributed by atoms with Crippen LogP contribution in [0.3, 0.4) is 0 Å². The minimum absolute atomic E-state index is 0.753. The lowest BCUT2D eigenvalue weighted by atomic mass is 9.98. The fourth-order valence-corrected chi connectivity index (χ4v) is 1.87. The summed E-state index contributed by atoms with van der Waals surface area (Å²) in [5, 5.41) is 9.64. The average molecular weight is 194 g/mol. The molecule has 1 aromatic rings. The van der Waals surface area contributed by atoms with Gasteiger partial charge in [-0.05, 0) is 36.1 Å². The molecule has 13 heavy (non-hydrogen) atoms. The molecular weight excluding hydrogens is 182 g/mol. The Hall–Kier alpha value is -1.00. The van der Waals surface area contributed by atoms with Crippen molar-refractivity contribution in [1.82, 2.24) is 0 Å². The maximum absolute atomic E-state index is 8.87. The van der Waals surface area contributed by atoms with Crippen LogP contribution in [0.15, 0.2) is 12.1 Å². The Morgan fingerprint density at radius 3 is 2.31 bits per heavy atom. The molecule has 0 saturated heterocycles. The fraction of sp³-hybridized carbons (Fsp3) is 0.364. The van der Waals surface area contributed by atoms with Crippen LogP contribution in [0.25, 0.3) is 0 Å². The molecule has 68 valence electrons. The van der Waals surface area contributed by atoms with Crippen molar-refractivity contribution in [2.24, 2.45) is 0 Å². The predicted octanol–water partition coefficient (Wildman–Crippen LogP) is 3.34. The monoisotopic (exact) mass is 193 g/mol. The summed E-state index contributed by atoms with van der Waals surface area (Å²) in [5.41, 5.74) is 2.96. The first kappa shape index (κ1) is 10.1. The minimum Gasteiger partial charge on any atom is -0.192 e. The summed E-state index contributed by atoms with van der Waals surface area (Å²) in [7, 11) is 0. The zero-order chi connectivity index (χ0) is 9.84. The quantitative estimate of drug-likeness (QED) is 0.707. The van der Waals surface area contributed by atoms with Crippen molar-refractivity contribution < 1.29 is 0 Å². The van der Waals surface area contributed by atoms with Gasteiger partial charge in [0.1, 0.15) is 0 Å². The van der Waals surface area contributed by atoms with Crippen molar-refractivity contribution in [3.05, 3.63) is 33.8 Å². The van der Waals surface area contributed by atoms with Crippen LogP contribution in [0.4, 0.5) is 0 Å². The number of hydrogen-bond acceptors (Lipinski definition) is 1. The highest BCUT2D eigenvalue weighted by molar-refractivity contribution is 6.31. The summed E-state index contributed by atoms with van der Waals surface area (Å²) in [5.74, 6) is 0. The van der Waals surface area contributed by atoms with Crippen LogP contribution in [0.2, 0.25) is 5.02 Å². The third-order valence-electron chi connectivity index (χ3n) is 2.20. The summed E-state index contributed by atoms with van der Waals surface area (Å²) in [6, 6.07) is 5.79. The van der Waals surface area contributed by atoms with Gasteiger partial charge in [-0.15, -0.1) is 0 Å². The second kappa shape index (κ2) is 4.30. The topological polar surface area (TPSA) is 23.8 Å². The van der Waals surface area contributed by atoms with Gasteiger partial charge < -0.3 is 0 Å². The van der Waals surface area contributed by atoms with E-state index in [0.29, 0.717) is 0 Å². The molecule has 0 atom stereocenters. The molecule has 0 aliphatic carbocycles. The Balaban J connectivity index is 3.38. The molecule has 0 aliphatic rings. The lowest BCUT2D eigenvalue weighted by Gasteiger charge is -2.09. The van der Waals surface area contributed by atoms with Crippen LogP contribution >= 0.6 is 11.6 Å². The molecule has 0 aromatic heterocycles. The van der Waals surface area contributed by atoms with E-state index in [4.69, 9.17) is 16.9 Å². The van der Waals surface area contributed by atoms with Crippen molar-refractivity contribution in [2.45, 2.75) is 26.7 Å². The number of halogens is 1. The average Bonchev–Trinajstić information content (AvgIpc) is 2.17. The van der Waals surface area contributed by atoms with Crippen molar-refractivity contribution in [2.75, 3.05) is 0 Å². The van der Waals surface area contributed by atoms with Crippen LogP contribution in [0.5, 0.6) is 0 Å². The SMILES string of the molecule is CCc1c(Cl)ccc(C#N)c1CC. The third kappa shape index (κ3) is 1.84. The second-order valence-electron chi connectivity index (χ2n) is 2.87. The largest absolute Gasteiger partial charge is 0.192 e. The van der Waals surface area contributed by atoms with Crippen LogP contribution in [0, 0.1) is 11.3 Å². The van der Waals surface area contributed by atoms with Crippen molar-refractivity contribution in [3.8, 4) is 6.07 Å². The van der Waals surface area contributed by atoms with Gasteiger partial charge in [-0.1, -0.05) is 25.4 Å². The Morgan fingerprint density at radius 1 is 1.23 bits per heavy atom. The molecule has 1 nitrogen and oxygen atoms in total. The van der Waals surface area contributed by atoms with E-state index >= 15 is 0 Å². The fourth-order valence-electron chi connectivity index (χ4n) is 1.56. The van der Waals surface area contributed by atoms with E-state index in [1.54, 1.807) is 12.1 Å². The minimum atomic E-state index is 0.753. The normalized spacial score (nSPS) is 9.69. The maximum atomic E-state index is 8.87. The summed E-state index contributed by atoms with van der Waals surface area (Å²) >= 11 is 6.03. The van der Waals surface area contributed by atoms with Gasteiger partial charge in [-0.3, -0.25) is 0 Å². The number of nitrogens with zero attached hydrogens (tertiary/aromatic N) is 1. The molecule has 0 heterocycles. The molecule has 1 aromatic carbocycles. The van der Waals surface area contributed by atoms with Crippen LogP contribution in [0.1, 0.15) is 30.5 Å². The van der Waals surface area contributed by atoms with Gasteiger partial charge in [0, 0.05) is 5.02 Å². The molecule has 0 fully saturated rings. The summed E-state index contributed by atoms with van der Waals surface area (Å²) in [6.07, 6.45) is 1.75. The molecule has 1 rings (SSSR count). The van der Waals surface area contributed by atoms with E-state index in [1.165, 1.54) is 0 Å². The Kier molecular flexibility index (Phi) is 3.33. The van der Waals surface area contributed by atoms with Crippen molar-refractivity contribution >= 4 is 11.6 Å². The molecule has 0 bridgehead atoms. The first-order valence-electron chi connectivity index (χ1n) is 4.44. The number of rotatable bonds is 2. The summed E-state index contributed by atoms with van der Waals surface area (Å²) in [6.45, 7) is 4.10. The van der Waals surface area contributed by atoms with Crippen LogP contribution in [-0.4, -0.2) is 0 Å². The van der Waals surface area contributed by atoms with E-state index in [-0.39, 0.29) is 0 Å². The molecule has 0 aliphatic heterocycles. The molecule has 0 saturated carbocycles. The third-order valence-corrected chi connectivity index (χ3v) is 2.56. The van der Waals surface area contributed by atoms with Gasteiger partial charge in [-0.25, -0.2) is 0 Å². The lowest BCUT2D eigenvalue weighted by Crippen LogP contribution is -1.96. The van der Waals surface area contributed by atoms with Gasteiger partial charge in [-0.2, -0.15) is 5.26 Å². The first-order valence-corrected chi connectivity index (χ1v) is 4.82. The highest BCUT2D eigenvalue weighted by Crippen LogP contribution is 2.24. The number of hydrogen-bond donors (Lipinski definition) is 0. The molecule has 2 heteroatoms. The van der Waals surface area contributed by atoms with Crippen LogP contribution < -0.4 is 0 Å². The summed E-state index contributed by atoms with van der Waals surface area (Å²) in [4.78, 5) is 0. The Labute approximate surface area is 84.0 Å². The van der Waals surface area contributed by atoms with Gasteiger partial charge in [0.05, 0.1) is 11.6 Å². The predicted molar refractivity (Wildman–Crippen MR) is 54.9 cm³/mol. The van der Waals surface area contributed by atoms with E-state index in [9.17, 15) is 0 Å². The van der Waals surface area contributed by atoms with Crippen LogP contribution in [-0.2, 0) is 12.8 Å². The lowest BCUT2D eigenvalue weighted by molar-refractivity contribution is 1.03. The highest BCUT2D eigenvalue weighted by Gasteiger charge is 2.08. The van der Waals surface area contributed by atoms with Crippen molar-refractivity contribution in [1.29, 1.82) is 5.26 Å². The second-order valence-corrected chi connectivity index (χ2v) is 3.28. The Bertz CT molecular complexity index is 350. The summed E-state index contributed by atoms with van der Waals surface area (Å²) < 4.78 is 0. The molecule has 0 radical (unpaired) electrons. The molecular formula is C11H12ClN. The van der Waals surface area contributed by atoms with Gasteiger partial charge in [0.25, 0.3) is 0 Å². The Morgan fingerprint density at radius 2 is 1.85 bits per heavy atom. The zero-order valence-electron chi connectivity index (χ0n) is 7.89. The number of benzene rings is 1. The van der Waals surface area contributed by atoms with Gasteiger partial charge >= 0.3 is 0 Å². The number of nitriles is 1. The molecule has 0 spiro atoms. The zero-order valence-corrected chi connectivity index (χ0v) is 8.65. The van der Waals surface area contributed by atoms with E-state index < -0.39 is 0 Å². The van der Waals surface area contributed by atoms with E-state index in [0.717, 1.165) is 34.6 Å². The van der Waals surface area contributed by atoms with Gasteiger partial charge in [0.2, 0.25) is 0 Å². The molecule has 0 N–H and O–H groups in total. The smallest absolute Gasteiger partial charge is 0.0994 e. The highest BCUT2D eigenvalue weighted by atomic mass is 35.5. The molecule has 0 amide bonds. The van der Waals surface area contributed by atoms with E-state index in [1.807, 2.05) is 6.92 Å². The molecule has 0 unspecified atom stereocenters.